The summed E-state index contributed by atoms with van der Waals surface area (Å²) in [5.41, 5.74) is 12.0. The van der Waals surface area contributed by atoms with Crippen molar-refractivity contribution in [2.45, 2.75) is 24.9 Å². The molecule has 0 aromatic heterocycles. The summed E-state index contributed by atoms with van der Waals surface area (Å²) in [4.78, 5) is 50.8. The van der Waals surface area contributed by atoms with Crippen LogP contribution in [0.2, 0.25) is 0 Å². The van der Waals surface area contributed by atoms with Crippen molar-refractivity contribution in [1.82, 2.24) is 15.1 Å². The molecule has 30 heavy (non-hydrogen) atoms. The van der Waals surface area contributed by atoms with Crippen molar-refractivity contribution in [3.05, 3.63) is 35.9 Å². The largest absolute Gasteiger partial charge is 0.385 e. The van der Waals surface area contributed by atoms with Gasteiger partial charge in [0.05, 0.1) is 19.1 Å². The Bertz CT molecular complexity index is 728. The number of likely N-dealkylation sites (N-methyl/N-ethyl adjacent to an activating group) is 2. The molecule has 0 saturated carbocycles. The SMILES string of the molecule is COCC[C@H](N)C(=O)N(C)CC(=O)N(C)CC(=O)N[C@H](Cc1ccccc1)C(N)=O. The van der Waals surface area contributed by atoms with Crippen LogP contribution in [0.25, 0.3) is 0 Å². The summed E-state index contributed by atoms with van der Waals surface area (Å²) in [5.74, 6) is -2.04. The molecule has 0 aliphatic carbocycles. The van der Waals surface area contributed by atoms with Gasteiger partial charge in [-0.25, -0.2) is 0 Å². The van der Waals surface area contributed by atoms with Crippen molar-refractivity contribution in [1.29, 1.82) is 0 Å². The molecule has 0 heterocycles. The van der Waals surface area contributed by atoms with E-state index in [0.717, 1.165) is 5.56 Å². The molecule has 0 bridgehead atoms. The predicted molar refractivity (Wildman–Crippen MR) is 111 cm³/mol. The Hall–Kier alpha value is -2.98. The summed E-state index contributed by atoms with van der Waals surface area (Å²) < 4.78 is 4.89. The van der Waals surface area contributed by atoms with Gasteiger partial charge in [-0.15, -0.1) is 0 Å². The van der Waals surface area contributed by atoms with Crippen molar-refractivity contribution in [2.75, 3.05) is 40.9 Å². The number of ether oxygens (including phenoxy) is 1. The van der Waals surface area contributed by atoms with Gasteiger partial charge in [-0.05, 0) is 12.0 Å². The highest BCUT2D eigenvalue weighted by Gasteiger charge is 2.23. The third kappa shape index (κ3) is 8.58. The number of amides is 4. The van der Waals surface area contributed by atoms with E-state index in [1.807, 2.05) is 30.3 Å². The number of nitrogens with one attached hydrogen (secondary N) is 1. The Morgan fingerprint density at radius 1 is 1.07 bits per heavy atom. The van der Waals surface area contributed by atoms with Gasteiger partial charge in [-0.2, -0.15) is 0 Å². The Morgan fingerprint density at radius 3 is 2.27 bits per heavy atom. The summed E-state index contributed by atoms with van der Waals surface area (Å²) >= 11 is 0. The number of nitrogens with two attached hydrogens (primary N) is 2. The minimum absolute atomic E-state index is 0.230. The summed E-state index contributed by atoms with van der Waals surface area (Å²) in [6.45, 7) is -0.180. The van der Waals surface area contributed by atoms with Crippen LogP contribution in [-0.4, -0.2) is 86.4 Å². The van der Waals surface area contributed by atoms with E-state index in [1.165, 1.54) is 31.0 Å². The van der Waals surface area contributed by atoms with Crippen molar-refractivity contribution < 1.29 is 23.9 Å². The normalized spacial score (nSPS) is 12.5. The third-order valence-corrected chi connectivity index (χ3v) is 4.47. The minimum atomic E-state index is -0.897. The summed E-state index contributed by atoms with van der Waals surface area (Å²) in [6, 6.07) is 7.45. The van der Waals surface area contributed by atoms with E-state index >= 15 is 0 Å². The van der Waals surface area contributed by atoms with Gasteiger partial charge in [0.25, 0.3) is 0 Å². The zero-order valence-electron chi connectivity index (χ0n) is 17.7. The smallest absolute Gasteiger partial charge is 0.242 e. The number of carbonyl (C=O) groups is 4. The van der Waals surface area contributed by atoms with E-state index in [4.69, 9.17) is 16.2 Å². The maximum atomic E-state index is 12.3. The lowest BCUT2D eigenvalue weighted by atomic mass is 10.1. The average molecular weight is 421 g/mol. The molecule has 1 rings (SSSR count). The van der Waals surface area contributed by atoms with Crippen LogP contribution >= 0.6 is 0 Å². The second kappa shape index (κ2) is 12.6. The minimum Gasteiger partial charge on any atom is -0.385 e. The van der Waals surface area contributed by atoms with Crippen LogP contribution in [0.4, 0.5) is 0 Å². The molecule has 10 nitrogen and oxygen atoms in total. The second-order valence-electron chi connectivity index (χ2n) is 7.04. The first-order valence-electron chi connectivity index (χ1n) is 9.51. The molecule has 166 valence electrons. The number of carbonyl (C=O) groups excluding carboxylic acids is 4. The van der Waals surface area contributed by atoms with E-state index < -0.39 is 35.7 Å². The van der Waals surface area contributed by atoms with Gasteiger partial charge in [-0.1, -0.05) is 30.3 Å². The number of rotatable bonds is 12. The van der Waals surface area contributed by atoms with Crippen molar-refractivity contribution >= 4 is 23.6 Å². The maximum Gasteiger partial charge on any atom is 0.242 e. The molecule has 2 atom stereocenters. The zero-order chi connectivity index (χ0) is 22.7. The zero-order valence-corrected chi connectivity index (χ0v) is 17.7. The summed E-state index contributed by atoms with van der Waals surface area (Å²) in [5, 5.41) is 2.55. The van der Waals surface area contributed by atoms with Crippen LogP contribution in [0.15, 0.2) is 30.3 Å². The fourth-order valence-electron chi connectivity index (χ4n) is 2.67. The monoisotopic (exact) mass is 421 g/mol. The average Bonchev–Trinajstić information content (AvgIpc) is 2.71. The van der Waals surface area contributed by atoms with Gasteiger partial charge in [0.15, 0.2) is 0 Å². The number of benzene rings is 1. The quantitative estimate of drug-likeness (QED) is 0.373. The Labute approximate surface area is 176 Å². The Kier molecular flexibility index (Phi) is 10.5. The number of hydrogen-bond donors (Lipinski definition) is 3. The highest BCUT2D eigenvalue weighted by molar-refractivity contribution is 5.91. The highest BCUT2D eigenvalue weighted by atomic mass is 16.5. The third-order valence-electron chi connectivity index (χ3n) is 4.47. The number of primary amides is 1. The molecule has 0 spiro atoms. The van der Waals surface area contributed by atoms with Gasteiger partial charge in [0.1, 0.15) is 6.04 Å². The van der Waals surface area contributed by atoms with Gasteiger partial charge in [0, 0.05) is 34.2 Å². The lowest BCUT2D eigenvalue weighted by molar-refractivity contribution is -0.141. The lowest BCUT2D eigenvalue weighted by Gasteiger charge is -2.24. The maximum absolute atomic E-state index is 12.3. The van der Waals surface area contributed by atoms with Crippen LogP contribution < -0.4 is 16.8 Å². The molecule has 0 unspecified atom stereocenters. The number of nitrogens with zero attached hydrogens (tertiary/aromatic N) is 2. The van der Waals surface area contributed by atoms with Crippen molar-refractivity contribution in [3.8, 4) is 0 Å². The lowest BCUT2D eigenvalue weighted by Crippen LogP contribution is -2.51. The summed E-state index contributed by atoms with van der Waals surface area (Å²) in [7, 11) is 4.40. The molecular weight excluding hydrogens is 390 g/mol. The highest BCUT2D eigenvalue weighted by Crippen LogP contribution is 2.03. The molecule has 0 saturated heterocycles. The molecule has 10 heteroatoms. The molecule has 0 aliphatic heterocycles. The van der Waals surface area contributed by atoms with Crippen LogP contribution in [0.5, 0.6) is 0 Å². The summed E-state index contributed by atoms with van der Waals surface area (Å²) in [6.07, 6.45) is 0.582. The van der Waals surface area contributed by atoms with Gasteiger partial charge >= 0.3 is 0 Å². The number of hydrogen-bond acceptors (Lipinski definition) is 6. The van der Waals surface area contributed by atoms with E-state index in [9.17, 15) is 19.2 Å². The van der Waals surface area contributed by atoms with Crippen LogP contribution in [0.3, 0.4) is 0 Å². The Morgan fingerprint density at radius 2 is 1.70 bits per heavy atom. The van der Waals surface area contributed by atoms with Crippen LogP contribution in [0.1, 0.15) is 12.0 Å². The van der Waals surface area contributed by atoms with Gasteiger partial charge < -0.3 is 31.3 Å². The van der Waals surface area contributed by atoms with Gasteiger partial charge in [0.2, 0.25) is 23.6 Å². The molecular formula is C20H31N5O5. The molecule has 0 aliphatic rings. The van der Waals surface area contributed by atoms with Crippen LogP contribution in [-0.2, 0) is 30.3 Å². The van der Waals surface area contributed by atoms with E-state index in [2.05, 4.69) is 5.32 Å². The van der Waals surface area contributed by atoms with Crippen molar-refractivity contribution in [3.63, 3.8) is 0 Å². The van der Waals surface area contributed by atoms with Gasteiger partial charge in [-0.3, -0.25) is 19.2 Å². The molecule has 0 fully saturated rings. The first-order valence-corrected chi connectivity index (χ1v) is 9.51. The molecule has 1 aromatic rings. The fraction of sp³-hybridized carbons (Fsp3) is 0.500. The molecule has 5 N–H and O–H groups in total. The molecule has 1 aromatic carbocycles. The standard InChI is InChI=1S/C20H31N5O5/c1-24(18(27)13-25(2)20(29)15(21)9-10-30-3)12-17(26)23-16(19(22)28)11-14-7-5-4-6-8-14/h4-8,15-16H,9-13,21H2,1-3H3,(H2,22,28)(H,23,26)/t15-,16+/m0/s1. The topological polar surface area (TPSA) is 148 Å². The molecule has 4 amide bonds. The predicted octanol–water partition coefficient (Wildman–Crippen LogP) is -1.52. The Balaban J connectivity index is 2.55. The first-order chi connectivity index (χ1) is 14.1. The van der Waals surface area contributed by atoms with Crippen molar-refractivity contribution in [2.24, 2.45) is 11.5 Å². The molecule has 0 radical (unpaired) electrons. The van der Waals surface area contributed by atoms with Crippen LogP contribution in [0, 0.1) is 0 Å². The van der Waals surface area contributed by atoms with E-state index in [0.29, 0.717) is 13.0 Å². The second-order valence-corrected chi connectivity index (χ2v) is 7.04. The van der Waals surface area contributed by atoms with E-state index in [-0.39, 0.29) is 19.5 Å². The number of methoxy groups -OCH3 is 1. The first kappa shape index (κ1) is 25.1. The van der Waals surface area contributed by atoms with E-state index in [1.54, 1.807) is 0 Å². The fourth-order valence-corrected chi connectivity index (χ4v) is 2.67.